The van der Waals surface area contributed by atoms with E-state index in [1.807, 2.05) is 0 Å². The molecule has 0 fully saturated rings. The van der Waals surface area contributed by atoms with Crippen molar-refractivity contribution >= 4 is 5.91 Å². The molecule has 0 bridgehead atoms. The predicted molar refractivity (Wildman–Crippen MR) is 200 cm³/mol. The summed E-state index contributed by atoms with van der Waals surface area (Å²) in [5, 5.41) is 43.4. The van der Waals surface area contributed by atoms with Gasteiger partial charge >= 0.3 is 0 Å². The first-order valence-electron chi connectivity index (χ1n) is 19.5. The number of unbranched alkanes of at least 4 members (excludes halogenated alkanes) is 17. The van der Waals surface area contributed by atoms with Gasteiger partial charge in [0.2, 0.25) is 5.91 Å². The molecule has 0 saturated heterocycles. The van der Waals surface area contributed by atoms with E-state index in [2.05, 4.69) is 67.8 Å². The molecule has 0 aliphatic rings. The number of nitrogens with one attached hydrogen (secondary N) is 1. The van der Waals surface area contributed by atoms with Gasteiger partial charge in [0.25, 0.3) is 0 Å². The molecule has 0 saturated carbocycles. The van der Waals surface area contributed by atoms with Crippen molar-refractivity contribution in [1.82, 2.24) is 5.32 Å². The van der Waals surface area contributed by atoms with Gasteiger partial charge in [-0.2, -0.15) is 0 Å². The maximum atomic E-state index is 12.5. The Morgan fingerprint density at radius 3 is 1.45 bits per heavy atom. The van der Waals surface area contributed by atoms with Gasteiger partial charge in [0, 0.05) is 0 Å². The van der Waals surface area contributed by atoms with Crippen LogP contribution < -0.4 is 5.32 Å². The Morgan fingerprint density at radius 1 is 0.532 bits per heavy atom. The van der Waals surface area contributed by atoms with E-state index in [0.29, 0.717) is 19.3 Å². The number of hydrogen-bond acceptors (Lipinski definition) is 5. The third kappa shape index (κ3) is 30.1. The first kappa shape index (κ1) is 45.3. The van der Waals surface area contributed by atoms with Crippen LogP contribution in [-0.4, -0.2) is 57.3 Å². The second-order valence-corrected chi connectivity index (χ2v) is 13.2. The normalized spacial score (nSPS) is 14.9. The van der Waals surface area contributed by atoms with Crippen LogP contribution in [0.3, 0.4) is 0 Å². The van der Waals surface area contributed by atoms with Crippen molar-refractivity contribution in [2.45, 2.75) is 199 Å². The number of aliphatic hydroxyl groups is 4. The summed E-state index contributed by atoms with van der Waals surface area (Å²) < 4.78 is 0. The molecule has 0 rings (SSSR count). The van der Waals surface area contributed by atoms with Gasteiger partial charge in [-0.3, -0.25) is 4.79 Å². The van der Waals surface area contributed by atoms with E-state index in [0.717, 1.165) is 70.6 Å². The molecule has 6 nitrogen and oxygen atoms in total. The second kappa shape index (κ2) is 35.6. The zero-order chi connectivity index (χ0) is 34.6. The molecule has 0 aliphatic heterocycles. The van der Waals surface area contributed by atoms with Crippen LogP contribution in [0.1, 0.15) is 174 Å². The lowest BCUT2D eigenvalue weighted by molar-refractivity contribution is -0.132. The van der Waals surface area contributed by atoms with Crippen LogP contribution in [-0.2, 0) is 4.79 Å². The first-order chi connectivity index (χ1) is 23.0. The maximum Gasteiger partial charge on any atom is 0.249 e. The van der Waals surface area contributed by atoms with Crippen molar-refractivity contribution in [2.75, 3.05) is 6.61 Å². The SMILES string of the molecule is CC/C=C/CC/C=C/CC/C=C/CCCC(O)C(O)C(CO)NC(=O)C(O)CCCCCCCC/C=C\CCCCCCCCCC. The Balaban J connectivity index is 3.87. The van der Waals surface area contributed by atoms with Crippen molar-refractivity contribution in [3.63, 3.8) is 0 Å². The maximum absolute atomic E-state index is 12.5. The number of carbonyl (C=O) groups excluding carboxylic acids is 1. The minimum Gasteiger partial charge on any atom is -0.394 e. The summed E-state index contributed by atoms with van der Waals surface area (Å²) in [5.74, 6) is -0.608. The summed E-state index contributed by atoms with van der Waals surface area (Å²) in [6.07, 6.45) is 41.3. The smallest absolute Gasteiger partial charge is 0.249 e. The van der Waals surface area contributed by atoms with Gasteiger partial charge in [0.15, 0.2) is 0 Å². The van der Waals surface area contributed by atoms with Crippen molar-refractivity contribution in [1.29, 1.82) is 0 Å². The highest BCUT2D eigenvalue weighted by molar-refractivity contribution is 5.80. The molecule has 0 spiro atoms. The average molecular weight is 662 g/mol. The van der Waals surface area contributed by atoms with Crippen LogP contribution in [0.25, 0.3) is 0 Å². The molecule has 47 heavy (non-hydrogen) atoms. The standard InChI is InChI=1S/C41H75NO5/c1-3-5-7-9-11-13-15-17-18-19-20-21-23-25-27-29-31-33-35-39(45)41(47)42-37(36-43)40(46)38(44)34-32-30-28-26-24-22-16-14-12-10-8-6-4-2/h6,8,14,16,19-20,26,28,37-40,43-46H,3-5,7,9-13,15,17-18,21-25,27,29-36H2,1-2H3,(H,42,47)/b8-6+,16-14+,20-19-,28-26+. The van der Waals surface area contributed by atoms with Gasteiger partial charge in [0.05, 0.1) is 18.8 Å². The molecule has 0 aliphatic carbocycles. The van der Waals surface area contributed by atoms with Crippen molar-refractivity contribution in [2.24, 2.45) is 0 Å². The lowest BCUT2D eigenvalue weighted by Gasteiger charge is -2.27. The van der Waals surface area contributed by atoms with E-state index in [-0.39, 0.29) is 0 Å². The van der Waals surface area contributed by atoms with Gasteiger partial charge in [-0.15, -0.1) is 0 Å². The van der Waals surface area contributed by atoms with Gasteiger partial charge < -0.3 is 25.7 Å². The molecule has 5 N–H and O–H groups in total. The number of hydrogen-bond donors (Lipinski definition) is 5. The van der Waals surface area contributed by atoms with Crippen molar-refractivity contribution in [3.05, 3.63) is 48.6 Å². The Labute approximate surface area is 289 Å². The number of carbonyl (C=O) groups is 1. The van der Waals surface area contributed by atoms with Gasteiger partial charge in [-0.1, -0.05) is 140 Å². The first-order valence-corrected chi connectivity index (χ1v) is 19.5. The molecule has 0 aromatic carbocycles. The van der Waals surface area contributed by atoms with Gasteiger partial charge in [0.1, 0.15) is 12.2 Å². The molecule has 0 aromatic rings. The van der Waals surface area contributed by atoms with Crippen LogP contribution >= 0.6 is 0 Å². The van der Waals surface area contributed by atoms with Crippen molar-refractivity contribution < 1.29 is 25.2 Å². The third-order valence-corrected chi connectivity index (χ3v) is 8.73. The Kier molecular flexibility index (Phi) is 34.3. The van der Waals surface area contributed by atoms with E-state index in [9.17, 15) is 25.2 Å². The van der Waals surface area contributed by atoms with E-state index in [1.165, 1.54) is 70.6 Å². The van der Waals surface area contributed by atoms with E-state index in [1.54, 1.807) is 0 Å². The predicted octanol–water partition coefficient (Wildman–Crippen LogP) is 9.56. The quantitative estimate of drug-likeness (QED) is 0.0349. The fourth-order valence-electron chi connectivity index (χ4n) is 5.61. The summed E-state index contributed by atoms with van der Waals surface area (Å²) in [4.78, 5) is 12.5. The number of rotatable bonds is 34. The molecule has 4 unspecified atom stereocenters. The fraction of sp³-hybridized carbons (Fsp3) is 0.780. The van der Waals surface area contributed by atoms with E-state index >= 15 is 0 Å². The van der Waals surface area contributed by atoms with E-state index in [4.69, 9.17) is 0 Å². The molecule has 0 heterocycles. The van der Waals surface area contributed by atoms with Crippen molar-refractivity contribution in [3.8, 4) is 0 Å². The lowest BCUT2D eigenvalue weighted by Crippen LogP contribution is -2.53. The zero-order valence-corrected chi connectivity index (χ0v) is 30.5. The van der Waals surface area contributed by atoms with E-state index < -0.39 is 36.9 Å². The Hall–Kier alpha value is -1.73. The number of amides is 1. The summed E-state index contributed by atoms with van der Waals surface area (Å²) in [7, 11) is 0. The van der Waals surface area contributed by atoms with Crippen LogP contribution in [0.5, 0.6) is 0 Å². The topological polar surface area (TPSA) is 110 Å². The minimum atomic E-state index is -1.29. The summed E-state index contributed by atoms with van der Waals surface area (Å²) in [5.41, 5.74) is 0. The zero-order valence-electron chi connectivity index (χ0n) is 30.5. The van der Waals surface area contributed by atoms with Crippen LogP contribution in [0.4, 0.5) is 0 Å². The molecular weight excluding hydrogens is 586 g/mol. The van der Waals surface area contributed by atoms with Crippen LogP contribution in [0, 0.1) is 0 Å². The highest BCUT2D eigenvalue weighted by Crippen LogP contribution is 2.14. The molecular formula is C41H75NO5. The highest BCUT2D eigenvalue weighted by Gasteiger charge is 2.28. The van der Waals surface area contributed by atoms with Gasteiger partial charge in [-0.25, -0.2) is 0 Å². The molecule has 4 atom stereocenters. The second-order valence-electron chi connectivity index (χ2n) is 13.2. The molecule has 274 valence electrons. The summed E-state index contributed by atoms with van der Waals surface area (Å²) >= 11 is 0. The van der Waals surface area contributed by atoms with Crippen LogP contribution in [0.2, 0.25) is 0 Å². The Morgan fingerprint density at radius 2 is 0.957 bits per heavy atom. The number of allylic oxidation sites excluding steroid dienone is 8. The monoisotopic (exact) mass is 662 g/mol. The highest BCUT2D eigenvalue weighted by atomic mass is 16.3. The largest absolute Gasteiger partial charge is 0.394 e. The number of aliphatic hydroxyl groups excluding tert-OH is 4. The van der Waals surface area contributed by atoms with Gasteiger partial charge in [-0.05, 0) is 83.5 Å². The fourth-order valence-corrected chi connectivity index (χ4v) is 5.61. The molecule has 1 amide bonds. The average Bonchev–Trinajstić information content (AvgIpc) is 3.07. The lowest BCUT2D eigenvalue weighted by atomic mass is 10.00. The summed E-state index contributed by atoms with van der Waals surface area (Å²) in [6, 6.07) is -1.01. The minimum absolute atomic E-state index is 0.350. The molecule has 0 aromatic heterocycles. The molecule has 0 radical (unpaired) electrons. The third-order valence-electron chi connectivity index (χ3n) is 8.73. The van der Waals surface area contributed by atoms with Crippen LogP contribution in [0.15, 0.2) is 48.6 Å². The molecule has 6 heteroatoms. The summed E-state index contributed by atoms with van der Waals surface area (Å²) in [6.45, 7) is 3.90. The Bertz CT molecular complexity index is 793.